The molecule has 2 N–H and O–H groups in total. The molecule has 2 aromatic carbocycles. The predicted molar refractivity (Wildman–Crippen MR) is 111 cm³/mol. The van der Waals surface area contributed by atoms with Gasteiger partial charge >= 0.3 is 0 Å². The summed E-state index contributed by atoms with van der Waals surface area (Å²) in [6.07, 6.45) is 0. The van der Waals surface area contributed by atoms with Crippen LogP contribution in [0, 0.1) is 0 Å². The van der Waals surface area contributed by atoms with Crippen molar-refractivity contribution in [1.29, 1.82) is 0 Å². The number of hydrogen-bond donors (Lipinski definition) is 2. The fourth-order valence-electron chi connectivity index (χ4n) is 2.52. The van der Waals surface area contributed by atoms with Crippen LogP contribution < -0.4 is 20.1 Å². The Hall–Kier alpha value is -3.32. The molecule has 0 bridgehead atoms. The number of rotatable bonds is 7. The molecule has 0 spiro atoms. The Bertz CT molecular complexity index is 953. The first-order chi connectivity index (χ1) is 13.6. The Balaban J connectivity index is 1.65. The van der Waals surface area contributed by atoms with E-state index >= 15 is 0 Å². The second kappa shape index (κ2) is 9.05. The lowest BCUT2D eigenvalue weighted by Crippen LogP contribution is -2.13. The van der Waals surface area contributed by atoms with Crippen molar-refractivity contribution in [1.82, 2.24) is 0 Å². The van der Waals surface area contributed by atoms with Crippen molar-refractivity contribution in [3.05, 3.63) is 70.4 Å². The Labute approximate surface area is 167 Å². The largest absolute Gasteiger partial charge is 0.493 e. The highest BCUT2D eigenvalue weighted by Gasteiger charge is 2.12. The molecule has 0 saturated heterocycles. The van der Waals surface area contributed by atoms with E-state index in [1.807, 2.05) is 18.4 Å². The van der Waals surface area contributed by atoms with Gasteiger partial charge in [0.1, 0.15) is 0 Å². The third-order valence-corrected chi connectivity index (χ3v) is 4.74. The van der Waals surface area contributed by atoms with Gasteiger partial charge in [-0.15, -0.1) is 11.3 Å². The van der Waals surface area contributed by atoms with E-state index < -0.39 is 0 Å². The molecule has 1 aromatic heterocycles. The topological polar surface area (TPSA) is 76.7 Å². The van der Waals surface area contributed by atoms with Gasteiger partial charge in [-0.05, 0) is 60.8 Å². The van der Waals surface area contributed by atoms with Gasteiger partial charge in [-0.1, -0.05) is 6.07 Å². The molecule has 1 heterocycles. The number of benzene rings is 2. The van der Waals surface area contributed by atoms with Crippen LogP contribution in [0.4, 0.5) is 11.4 Å². The maximum Gasteiger partial charge on any atom is 0.265 e. The van der Waals surface area contributed by atoms with Crippen LogP contribution in [-0.4, -0.2) is 25.5 Å². The van der Waals surface area contributed by atoms with Gasteiger partial charge in [0.25, 0.3) is 11.8 Å². The monoisotopic (exact) mass is 396 g/mol. The lowest BCUT2D eigenvalue weighted by molar-refractivity contribution is 0.102. The van der Waals surface area contributed by atoms with Crippen LogP contribution in [0.2, 0.25) is 0 Å². The van der Waals surface area contributed by atoms with Gasteiger partial charge in [0.05, 0.1) is 18.6 Å². The molecule has 0 fully saturated rings. The van der Waals surface area contributed by atoms with Crippen molar-refractivity contribution < 1.29 is 19.1 Å². The van der Waals surface area contributed by atoms with Crippen LogP contribution in [0.3, 0.4) is 0 Å². The Kier molecular flexibility index (Phi) is 6.29. The molecular formula is C21H20N2O4S. The van der Waals surface area contributed by atoms with Gasteiger partial charge in [-0.3, -0.25) is 9.59 Å². The van der Waals surface area contributed by atoms with Crippen molar-refractivity contribution in [3.63, 3.8) is 0 Å². The first kappa shape index (κ1) is 19.4. The average molecular weight is 396 g/mol. The van der Waals surface area contributed by atoms with Crippen LogP contribution in [0.15, 0.2) is 60.0 Å². The lowest BCUT2D eigenvalue weighted by Gasteiger charge is -2.11. The van der Waals surface area contributed by atoms with E-state index in [9.17, 15) is 9.59 Å². The summed E-state index contributed by atoms with van der Waals surface area (Å²) in [5.74, 6) is 0.665. The molecule has 28 heavy (non-hydrogen) atoms. The van der Waals surface area contributed by atoms with Gasteiger partial charge in [-0.2, -0.15) is 0 Å². The van der Waals surface area contributed by atoms with Crippen LogP contribution in [0.5, 0.6) is 11.5 Å². The molecule has 2 amide bonds. The number of carbonyl (C=O) groups excluding carboxylic acids is 2. The number of nitrogens with one attached hydrogen (secondary N) is 2. The molecule has 3 rings (SSSR count). The SMILES string of the molecule is CCOc1ccc(C(=O)Nc2ccc(NC(=O)c3cccs3)cc2)cc1OC. The van der Waals surface area contributed by atoms with Crippen molar-refractivity contribution in [3.8, 4) is 11.5 Å². The van der Waals surface area contributed by atoms with Crippen molar-refractivity contribution in [2.24, 2.45) is 0 Å². The van der Waals surface area contributed by atoms with E-state index in [0.717, 1.165) is 0 Å². The summed E-state index contributed by atoms with van der Waals surface area (Å²) in [6, 6.07) is 15.5. The van der Waals surface area contributed by atoms with Crippen LogP contribution in [0.1, 0.15) is 27.0 Å². The minimum absolute atomic E-state index is 0.159. The van der Waals surface area contributed by atoms with Gasteiger partial charge in [0, 0.05) is 16.9 Å². The average Bonchev–Trinajstić information content (AvgIpc) is 3.25. The molecule has 0 aliphatic heterocycles. The van der Waals surface area contributed by atoms with Gasteiger partial charge in [-0.25, -0.2) is 0 Å². The van der Waals surface area contributed by atoms with E-state index in [4.69, 9.17) is 9.47 Å². The van der Waals surface area contributed by atoms with Crippen LogP contribution >= 0.6 is 11.3 Å². The zero-order chi connectivity index (χ0) is 19.9. The molecule has 0 unspecified atom stereocenters. The molecule has 0 saturated carbocycles. The van der Waals surface area contributed by atoms with Gasteiger partial charge in [0.15, 0.2) is 11.5 Å². The molecule has 0 atom stereocenters. The molecule has 3 aromatic rings. The number of ether oxygens (including phenoxy) is 2. The second-order valence-corrected chi connectivity index (χ2v) is 6.71. The summed E-state index contributed by atoms with van der Waals surface area (Å²) in [7, 11) is 1.53. The highest BCUT2D eigenvalue weighted by Crippen LogP contribution is 2.28. The first-order valence-electron chi connectivity index (χ1n) is 8.68. The molecule has 6 nitrogen and oxygen atoms in total. The van der Waals surface area contributed by atoms with E-state index in [1.165, 1.54) is 18.4 Å². The molecule has 7 heteroatoms. The molecular weight excluding hydrogens is 376 g/mol. The minimum atomic E-state index is -0.267. The zero-order valence-electron chi connectivity index (χ0n) is 15.5. The third-order valence-electron chi connectivity index (χ3n) is 3.87. The van der Waals surface area contributed by atoms with Crippen LogP contribution in [0.25, 0.3) is 0 Å². The predicted octanol–water partition coefficient (Wildman–Crippen LogP) is 4.66. The van der Waals surface area contributed by atoms with Crippen molar-refractivity contribution in [2.75, 3.05) is 24.4 Å². The van der Waals surface area contributed by atoms with Crippen LogP contribution in [-0.2, 0) is 0 Å². The quantitative estimate of drug-likeness (QED) is 0.609. The number of carbonyl (C=O) groups is 2. The summed E-state index contributed by atoms with van der Waals surface area (Å²) in [5.41, 5.74) is 1.72. The van der Waals surface area contributed by atoms with E-state index in [0.29, 0.717) is 39.9 Å². The normalized spacial score (nSPS) is 10.2. The molecule has 0 aliphatic carbocycles. The number of thiophene rings is 1. The summed E-state index contributed by atoms with van der Waals surface area (Å²) in [6.45, 7) is 2.39. The standard InChI is InChI=1S/C21H20N2O4S/c1-3-27-17-11-6-14(13-18(17)26-2)20(24)22-15-7-9-16(10-8-15)23-21(25)19-5-4-12-28-19/h4-13H,3H2,1-2H3,(H,22,24)(H,23,25). The summed E-state index contributed by atoms with van der Waals surface area (Å²) in [4.78, 5) is 25.2. The maximum absolute atomic E-state index is 12.5. The fourth-order valence-corrected chi connectivity index (χ4v) is 3.14. The Morgan fingerprint density at radius 2 is 1.61 bits per heavy atom. The van der Waals surface area contributed by atoms with Gasteiger partial charge in [0.2, 0.25) is 0 Å². The highest BCUT2D eigenvalue weighted by atomic mass is 32.1. The second-order valence-electron chi connectivity index (χ2n) is 5.76. The van der Waals surface area contributed by atoms with Crippen molar-refractivity contribution in [2.45, 2.75) is 6.92 Å². The first-order valence-corrected chi connectivity index (χ1v) is 9.55. The van der Waals surface area contributed by atoms with E-state index in [-0.39, 0.29) is 11.8 Å². The fraction of sp³-hybridized carbons (Fsp3) is 0.143. The number of amides is 2. The third kappa shape index (κ3) is 4.69. The van der Waals surface area contributed by atoms with E-state index in [2.05, 4.69) is 10.6 Å². The number of methoxy groups -OCH3 is 1. The minimum Gasteiger partial charge on any atom is -0.493 e. The molecule has 0 aliphatic rings. The lowest BCUT2D eigenvalue weighted by atomic mass is 10.1. The summed E-state index contributed by atoms with van der Waals surface area (Å²) in [5, 5.41) is 7.49. The number of hydrogen-bond acceptors (Lipinski definition) is 5. The van der Waals surface area contributed by atoms with Crippen molar-refractivity contribution >= 4 is 34.5 Å². The molecule has 0 radical (unpaired) electrons. The van der Waals surface area contributed by atoms with E-state index in [1.54, 1.807) is 48.5 Å². The summed E-state index contributed by atoms with van der Waals surface area (Å²) < 4.78 is 10.7. The Morgan fingerprint density at radius 3 is 2.18 bits per heavy atom. The summed E-state index contributed by atoms with van der Waals surface area (Å²) >= 11 is 1.38. The Morgan fingerprint density at radius 1 is 0.929 bits per heavy atom. The molecule has 144 valence electrons. The highest BCUT2D eigenvalue weighted by molar-refractivity contribution is 7.12. The maximum atomic E-state index is 12.5. The number of anilines is 2. The zero-order valence-corrected chi connectivity index (χ0v) is 16.3. The smallest absolute Gasteiger partial charge is 0.265 e. The van der Waals surface area contributed by atoms with Gasteiger partial charge < -0.3 is 20.1 Å².